The van der Waals surface area contributed by atoms with E-state index in [0.717, 1.165) is 50.1 Å². The van der Waals surface area contributed by atoms with Gasteiger partial charge in [0.25, 0.3) is 0 Å². The maximum absolute atomic E-state index is 11.9. The Balaban J connectivity index is 0.000000266. The highest BCUT2D eigenvalue weighted by Gasteiger charge is 2.20. The first-order chi connectivity index (χ1) is 16.4. The van der Waals surface area contributed by atoms with Gasteiger partial charge in [-0.1, -0.05) is 32.0 Å². The fraction of sp³-hybridized carbons (Fsp3) is 0.500. The SMILES string of the molecule is CCc1cc(NC(=O)CCCC(C)CNC=O)cnc1N.CN1CCC(Oc2ccccc2)C1. The average Bonchev–Trinajstić information content (AvgIpc) is 3.24. The molecule has 0 spiro atoms. The van der Waals surface area contributed by atoms with Crippen molar-refractivity contribution >= 4 is 23.8 Å². The van der Waals surface area contributed by atoms with Crippen molar-refractivity contribution in [3.63, 3.8) is 0 Å². The van der Waals surface area contributed by atoms with Gasteiger partial charge in [-0.15, -0.1) is 0 Å². The molecule has 1 aliphatic heterocycles. The number of para-hydroxylation sites is 1. The summed E-state index contributed by atoms with van der Waals surface area (Å²) in [5.74, 6) is 1.84. The first-order valence-corrected chi connectivity index (χ1v) is 12.0. The fourth-order valence-corrected chi connectivity index (χ4v) is 3.74. The van der Waals surface area contributed by atoms with Gasteiger partial charge >= 0.3 is 0 Å². The van der Waals surface area contributed by atoms with Crippen LogP contribution in [-0.4, -0.2) is 55.0 Å². The normalized spacial score (nSPS) is 16.1. The molecule has 3 rings (SSSR count). The number of amides is 2. The van der Waals surface area contributed by atoms with Gasteiger partial charge in [0.2, 0.25) is 12.3 Å². The number of likely N-dealkylation sites (N-methyl/N-ethyl adjacent to an activating group) is 1. The standard InChI is InChI=1S/C15H24N4O2.C11H15NO/c1-3-12-7-13(9-18-15(12)16)19-14(21)6-4-5-11(2)8-17-10-20;1-12-8-7-11(9-12)13-10-5-3-2-4-6-10/h7,9-11H,3-6,8H2,1-2H3,(H2,16,18)(H,17,20)(H,19,21);2-6,11H,7-9H2,1H3. The first kappa shape index (κ1) is 27.1. The molecule has 2 heterocycles. The molecule has 34 heavy (non-hydrogen) atoms. The van der Waals surface area contributed by atoms with Crippen LogP contribution in [0.3, 0.4) is 0 Å². The molecule has 2 aromatic rings. The zero-order valence-corrected chi connectivity index (χ0v) is 20.6. The van der Waals surface area contributed by atoms with Gasteiger partial charge in [0.15, 0.2) is 0 Å². The summed E-state index contributed by atoms with van der Waals surface area (Å²) in [5.41, 5.74) is 7.34. The number of carbonyl (C=O) groups is 2. The van der Waals surface area contributed by atoms with Crippen LogP contribution in [0.2, 0.25) is 0 Å². The molecule has 1 fully saturated rings. The Hall–Kier alpha value is -3.13. The maximum atomic E-state index is 11.9. The van der Waals surface area contributed by atoms with Crippen molar-refractivity contribution in [3.05, 3.63) is 48.2 Å². The number of pyridine rings is 1. The summed E-state index contributed by atoms with van der Waals surface area (Å²) in [6.45, 7) is 6.89. The molecule has 1 aliphatic rings. The highest BCUT2D eigenvalue weighted by molar-refractivity contribution is 5.90. The Bertz CT molecular complexity index is 878. The first-order valence-electron chi connectivity index (χ1n) is 12.0. The van der Waals surface area contributed by atoms with Gasteiger partial charge in [0.05, 0.1) is 11.9 Å². The number of hydrogen-bond acceptors (Lipinski definition) is 6. The highest BCUT2D eigenvalue weighted by Crippen LogP contribution is 2.17. The highest BCUT2D eigenvalue weighted by atomic mass is 16.5. The molecular weight excluding hydrogens is 430 g/mol. The van der Waals surface area contributed by atoms with Crippen molar-refractivity contribution in [1.82, 2.24) is 15.2 Å². The molecule has 1 aromatic carbocycles. The Labute approximate surface area is 203 Å². The minimum absolute atomic E-state index is 0.0285. The predicted octanol–water partition coefficient (Wildman–Crippen LogP) is 3.49. The van der Waals surface area contributed by atoms with Gasteiger partial charge in [-0.3, -0.25) is 9.59 Å². The molecular formula is C26H39N5O3. The minimum Gasteiger partial charge on any atom is -0.489 e. The molecule has 1 aromatic heterocycles. The van der Waals surface area contributed by atoms with E-state index in [1.807, 2.05) is 50.2 Å². The van der Waals surface area contributed by atoms with Crippen LogP contribution in [0.4, 0.5) is 11.5 Å². The number of likely N-dealkylation sites (tertiary alicyclic amines) is 1. The van der Waals surface area contributed by atoms with Crippen molar-refractivity contribution in [2.24, 2.45) is 5.92 Å². The van der Waals surface area contributed by atoms with Crippen molar-refractivity contribution in [2.75, 3.05) is 37.7 Å². The number of benzene rings is 1. The van der Waals surface area contributed by atoms with Crippen LogP contribution in [0.15, 0.2) is 42.6 Å². The predicted molar refractivity (Wildman–Crippen MR) is 137 cm³/mol. The summed E-state index contributed by atoms with van der Waals surface area (Å²) < 4.78 is 5.80. The summed E-state index contributed by atoms with van der Waals surface area (Å²) in [6, 6.07) is 11.9. The quantitative estimate of drug-likeness (QED) is 0.435. The number of nitrogens with two attached hydrogens (primary N) is 1. The number of carbonyl (C=O) groups excluding carboxylic acids is 2. The van der Waals surface area contributed by atoms with E-state index in [4.69, 9.17) is 10.5 Å². The molecule has 2 atom stereocenters. The Morgan fingerprint density at radius 2 is 2.12 bits per heavy atom. The average molecular weight is 470 g/mol. The zero-order valence-electron chi connectivity index (χ0n) is 20.6. The lowest BCUT2D eigenvalue weighted by molar-refractivity contribution is -0.116. The molecule has 2 amide bonds. The molecule has 0 saturated carbocycles. The van der Waals surface area contributed by atoms with Crippen molar-refractivity contribution < 1.29 is 14.3 Å². The smallest absolute Gasteiger partial charge is 0.224 e. The molecule has 0 aliphatic carbocycles. The van der Waals surface area contributed by atoms with Gasteiger partial charge in [-0.25, -0.2) is 4.98 Å². The summed E-state index contributed by atoms with van der Waals surface area (Å²) >= 11 is 0. The zero-order chi connectivity index (χ0) is 24.8. The molecule has 186 valence electrons. The van der Waals surface area contributed by atoms with Crippen LogP contribution in [0.1, 0.15) is 45.1 Å². The summed E-state index contributed by atoms with van der Waals surface area (Å²) in [4.78, 5) is 28.4. The summed E-state index contributed by atoms with van der Waals surface area (Å²) in [7, 11) is 2.13. The molecule has 2 unspecified atom stereocenters. The third-order valence-corrected chi connectivity index (χ3v) is 5.71. The largest absolute Gasteiger partial charge is 0.489 e. The van der Waals surface area contributed by atoms with Gasteiger partial charge in [-0.2, -0.15) is 0 Å². The number of aromatic nitrogens is 1. The number of nitrogen functional groups attached to an aromatic ring is 1. The van der Waals surface area contributed by atoms with Crippen molar-refractivity contribution in [3.8, 4) is 5.75 Å². The number of aryl methyl sites for hydroxylation is 1. The van der Waals surface area contributed by atoms with Crippen LogP contribution in [0.25, 0.3) is 0 Å². The van der Waals surface area contributed by atoms with Crippen LogP contribution in [-0.2, 0) is 16.0 Å². The van der Waals surface area contributed by atoms with Gasteiger partial charge < -0.3 is 26.0 Å². The fourth-order valence-electron chi connectivity index (χ4n) is 3.74. The molecule has 1 saturated heterocycles. The Morgan fingerprint density at radius 3 is 2.76 bits per heavy atom. The van der Waals surface area contributed by atoms with E-state index in [0.29, 0.717) is 42.9 Å². The Kier molecular flexibility index (Phi) is 11.9. The number of anilines is 2. The lowest BCUT2D eigenvalue weighted by atomic mass is 10.0. The van der Waals surface area contributed by atoms with Gasteiger partial charge in [0, 0.05) is 26.1 Å². The third kappa shape index (κ3) is 10.2. The topological polar surface area (TPSA) is 110 Å². The van der Waals surface area contributed by atoms with E-state index in [1.54, 1.807) is 6.20 Å². The molecule has 0 radical (unpaired) electrons. The molecule has 8 heteroatoms. The van der Waals surface area contributed by atoms with E-state index in [9.17, 15) is 9.59 Å². The van der Waals surface area contributed by atoms with E-state index in [1.165, 1.54) is 0 Å². The second-order valence-electron chi connectivity index (χ2n) is 8.80. The van der Waals surface area contributed by atoms with Crippen molar-refractivity contribution in [2.45, 2.75) is 52.1 Å². The van der Waals surface area contributed by atoms with E-state index >= 15 is 0 Å². The second-order valence-corrected chi connectivity index (χ2v) is 8.80. The molecule has 8 nitrogen and oxygen atoms in total. The number of rotatable bonds is 11. The van der Waals surface area contributed by atoms with Crippen molar-refractivity contribution in [1.29, 1.82) is 0 Å². The number of nitrogens with zero attached hydrogens (tertiary/aromatic N) is 2. The van der Waals surface area contributed by atoms with E-state index in [-0.39, 0.29) is 5.91 Å². The van der Waals surface area contributed by atoms with E-state index in [2.05, 4.69) is 27.6 Å². The summed E-state index contributed by atoms with van der Waals surface area (Å²) in [5, 5.41) is 5.47. The van der Waals surface area contributed by atoms with Crippen LogP contribution in [0.5, 0.6) is 5.75 Å². The van der Waals surface area contributed by atoms with Gasteiger partial charge in [0.1, 0.15) is 17.7 Å². The molecule has 0 bridgehead atoms. The Morgan fingerprint density at radius 1 is 1.35 bits per heavy atom. The number of hydrogen-bond donors (Lipinski definition) is 3. The van der Waals surface area contributed by atoms with Crippen LogP contribution < -0.4 is 21.1 Å². The van der Waals surface area contributed by atoms with Crippen LogP contribution >= 0.6 is 0 Å². The van der Waals surface area contributed by atoms with E-state index < -0.39 is 0 Å². The number of ether oxygens (including phenoxy) is 1. The lowest BCUT2D eigenvalue weighted by Gasteiger charge is -2.13. The minimum atomic E-state index is -0.0285. The maximum Gasteiger partial charge on any atom is 0.224 e. The molecule has 4 N–H and O–H groups in total. The second kappa shape index (κ2) is 14.9. The van der Waals surface area contributed by atoms with Crippen LogP contribution in [0, 0.1) is 5.92 Å². The van der Waals surface area contributed by atoms with Gasteiger partial charge in [-0.05, 0) is 62.4 Å². The number of nitrogens with one attached hydrogen (secondary N) is 2. The lowest BCUT2D eigenvalue weighted by Crippen LogP contribution is -2.21. The summed E-state index contributed by atoms with van der Waals surface area (Å²) in [6.07, 6.45) is 6.72. The third-order valence-electron chi connectivity index (χ3n) is 5.71. The monoisotopic (exact) mass is 469 g/mol.